The van der Waals surface area contributed by atoms with Crippen LogP contribution in [0.5, 0.6) is 0 Å². The Hall–Kier alpha value is -1.71. The largest absolute Gasteiger partial charge is 0.399 e. The van der Waals surface area contributed by atoms with E-state index in [1.807, 2.05) is 6.07 Å². The lowest BCUT2D eigenvalue weighted by molar-refractivity contribution is 0.100. The Morgan fingerprint density at radius 3 is 2.53 bits per heavy atom. The van der Waals surface area contributed by atoms with E-state index >= 15 is 0 Å². The molecule has 0 aromatic heterocycles. The van der Waals surface area contributed by atoms with E-state index in [2.05, 4.69) is 4.90 Å². The van der Waals surface area contributed by atoms with Gasteiger partial charge in [-0.3, -0.25) is 4.79 Å². The van der Waals surface area contributed by atoms with Crippen molar-refractivity contribution in [1.82, 2.24) is 0 Å². The Kier molecular flexibility index (Phi) is 2.49. The molecular formula is C11H15N3O. The van der Waals surface area contributed by atoms with Gasteiger partial charge in [0.1, 0.15) is 0 Å². The van der Waals surface area contributed by atoms with Gasteiger partial charge in [-0.15, -0.1) is 0 Å². The molecule has 1 aliphatic rings. The van der Waals surface area contributed by atoms with Crippen molar-refractivity contribution in [2.45, 2.75) is 12.8 Å². The maximum atomic E-state index is 11.2. The van der Waals surface area contributed by atoms with Crippen LogP contribution < -0.4 is 16.4 Å². The molecular weight excluding hydrogens is 190 g/mol. The molecule has 1 aliphatic heterocycles. The summed E-state index contributed by atoms with van der Waals surface area (Å²) < 4.78 is 0. The summed E-state index contributed by atoms with van der Waals surface area (Å²) in [5, 5.41) is 0. The molecule has 1 fully saturated rings. The van der Waals surface area contributed by atoms with E-state index < -0.39 is 5.91 Å². The number of hydrogen-bond donors (Lipinski definition) is 2. The van der Waals surface area contributed by atoms with Crippen LogP contribution in [0.3, 0.4) is 0 Å². The predicted octanol–water partition coefficient (Wildman–Crippen LogP) is 0.968. The molecule has 0 unspecified atom stereocenters. The number of amides is 1. The van der Waals surface area contributed by atoms with Gasteiger partial charge in [0.25, 0.3) is 5.91 Å². The van der Waals surface area contributed by atoms with E-state index in [4.69, 9.17) is 11.5 Å². The zero-order chi connectivity index (χ0) is 10.8. The van der Waals surface area contributed by atoms with Gasteiger partial charge in [-0.2, -0.15) is 0 Å². The maximum absolute atomic E-state index is 11.2. The number of benzene rings is 1. The minimum atomic E-state index is -0.392. The highest BCUT2D eigenvalue weighted by atomic mass is 16.1. The van der Waals surface area contributed by atoms with E-state index in [1.165, 1.54) is 0 Å². The monoisotopic (exact) mass is 205 g/mol. The summed E-state index contributed by atoms with van der Waals surface area (Å²) in [6.45, 7) is 1.95. The molecule has 2 rings (SSSR count). The van der Waals surface area contributed by atoms with Crippen molar-refractivity contribution in [2.75, 3.05) is 23.7 Å². The molecule has 0 aliphatic carbocycles. The first-order valence-electron chi connectivity index (χ1n) is 5.13. The van der Waals surface area contributed by atoms with Crippen LogP contribution in [-0.2, 0) is 0 Å². The summed E-state index contributed by atoms with van der Waals surface area (Å²) >= 11 is 0. The van der Waals surface area contributed by atoms with Crippen LogP contribution >= 0.6 is 0 Å². The van der Waals surface area contributed by atoms with E-state index in [9.17, 15) is 4.79 Å². The van der Waals surface area contributed by atoms with Crippen LogP contribution in [0.4, 0.5) is 11.4 Å². The molecule has 0 atom stereocenters. The number of primary amides is 1. The first kappa shape index (κ1) is 9.83. The van der Waals surface area contributed by atoms with Gasteiger partial charge in [0.15, 0.2) is 0 Å². The minimum Gasteiger partial charge on any atom is -0.399 e. The molecule has 4 N–H and O–H groups in total. The summed E-state index contributed by atoms with van der Waals surface area (Å²) in [6.07, 6.45) is 2.32. The summed E-state index contributed by atoms with van der Waals surface area (Å²) in [5.74, 6) is -0.392. The molecule has 1 heterocycles. The second-order valence-electron chi connectivity index (χ2n) is 3.83. The van der Waals surface area contributed by atoms with Gasteiger partial charge in [-0.05, 0) is 31.0 Å². The average molecular weight is 205 g/mol. The topological polar surface area (TPSA) is 72.3 Å². The van der Waals surface area contributed by atoms with Crippen molar-refractivity contribution in [3.05, 3.63) is 23.8 Å². The number of anilines is 2. The van der Waals surface area contributed by atoms with Crippen LogP contribution in [0, 0.1) is 0 Å². The fourth-order valence-corrected chi connectivity index (χ4v) is 1.98. The van der Waals surface area contributed by atoms with Crippen LogP contribution in [0.2, 0.25) is 0 Å². The highest BCUT2D eigenvalue weighted by molar-refractivity contribution is 5.99. The highest BCUT2D eigenvalue weighted by Gasteiger charge is 2.18. The Morgan fingerprint density at radius 1 is 1.27 bits per heavy atom. The van der Waals surface area contributed by atoms with Crippen molar-refractivity contribution in [3.8, 4) is 0 Å². The second-order valence-corrected chi connectivity index (χ2v) is 3.83. The Bertz CT molecular complexity index is 383. The fourth-order valence-electron chi connectivity index (χ4n) is 1.98. The zero-order valence-corrected chi connectivity index (χ0v) is 8.57. The van der Waals surface area contributed by atoms with E-state index in [0.29, 0.717) is 11.3 Å². The number of nitrogen functional groups attached to an aromatic ring is 1. The molecule has 0 saturated carbocycles. The summed E-state index contributed by atoms with van der Waals surface area (Å²) in [7, 11) is 0. The number of carbonyl (C=O) groups is 1. The first-order valence-corrected chi connectivity index (χ1v) is 5.13. The third kappa shape index (κ3) is 1.88. The molecule has 1 saturated heterocycles. The van der Waals surface area contributed by atoms with Crippen molar-refractivity contribution < 1.29 is 4.79 Å². The molecule has 4 nitrogen and oxygen atoms in total. The highest BCUT2D eigenvalue weighted by Crippen LogP contribution is 2.26. The summed E-state index contributed by atoms with van der Waals surface area (Å²) in [6, 6.07) is 5.23. The van der Waals surface area contributed by atoms with E-state index in [1.54, 1.807) is 12.1 Å². The minimum absolute atomic E-state index is 0.392. The quantitative estimate of drug-likeness (QED) is 0.706. The van der Waals surface area contributed by atoms with Gasteiger partial charge in [-0.25, -0.2) is 0 Å². The van der Waals surface area contributed by atoms with Gasteiger partial charge >= 0.3 is 0 Å². The molecule has 0 spiro atoms. The first-order chi connectivity index (χ1) is 7.18. The number of hydrogen-bond acceptors (Lipinski definition) is 3. The molecule has 80 valence electrons. The molecule has 1 aromatic carbocycles. The third-order valence-corrected chi connectivity index (χ3v) is 2.73. The Balaban J connectivity index is 2.41. The van der Waals surface area contributed by atoms with E-state index in [-0.39, 0.29) is 0 Å². The van der Waals surface area contributed by atoms with Gasteiger partial charge in [0.05, 0.1) is 11.3 Å². The van der Waals surface area contributed by atoms with Crippen molar-refractivity contribution in [1.29, 1.82) is 0 Å². The zero-order valence-electron chi connectivity index (χ0n) is 8.57. The van der Waals surface area contributed by atoms with E-state index in [0.717, 1.165) is 31.6 Å². The number of nitrogens with zero attached hydrogens (tertiary/aromatic N) is 1. The van der Waals surface area contributed by atoms with Crippen molar-refractivity contribution in [3.63, 3.8) is 0 Å². The number of rotatable bonds is 2. The standard InChI is InChI=1S/C11H15N3O/c12-8-3-4-9(11(13)15)10(7-8)14-5-1-2-6-14/h3-4,7H,1-2,5-6,12H2,(H2,13,15). The normalized spacial score (nSPS) is 15.6. The van der Waals surface area contributed by atoms with Gasteiger partial charge < -0.3 is 16.4 Å². The Morgan fingerprint density at radius 2 is 1.93 bits per heavy atom. The summed E-state index contributed by atoms with van der Waals surface area (Å²) in [5.41, 5.74) is 13.1. The molecule has 4 heteroatoms. The van der Waals surface area contributed by atoms with Crippen LogP contribution in [-0.4, -0.2) is 19.0 Å². The maximum Gasteiger partial charge on any atom is 0.250 e. The number of nitrogens with two attached hydrogens (primary N) is 2. The van der Waals surface area contributed by atoms with Gasteiger partial charge in [0, 0.05) is 18.8 Å². The van der Waals surface area contributed by atoms with Crippen LogP contribution in [0.1, 0.15) is 23.2 Å². The Labute approximate surface area is 88.9 Å². The molecule has 15 heavy (non-hydrogen) atoms. The lowest BCUT2D eigenvalue weighted by Crippen LogP contribution is -2.23. The lowest BCUT2D eigenvalue weighted by atomic mass is 10.1. The van der Waals surface area contributed by atoms with Crippen LogP contribution in [0.25, 0.3) is 0 Å². The molecule has 1 amide bonds. The predicted molar refractivity (Wildman–Crippen MR) is 60.8 cm³/mol. The van der Waals surface area contributed by atoms with Gasteiger partial charge in [0.2, 0.25) is 0 Å². The lowest BCUT2D eigenvalue weighted by Gasteiger charge is -2.20. The molecule has 0 bridgehead atoms. The fraction of sp³-hybridized carbons (Fsp3) is 0.364. The molecule has 0 radical (unpaired) electrons. The van der Waals surface area contributed by atoms with Crippen LogP contribution in [0.15, 0.2) is 18.2 Å². The third-order valence-electron chi connectivity index (χ3n) is 2.73. The number of carbonyl (C=O) groups excluding carboxylic acids is 1. The van der Waals surface area contributed by atoms with Crippen molar-refractivity contribution in [2.24, 2.45) is 5.73 Å². The van der Waals surface area contributed by atoms with Gasteiger partial charge in [-0.1, -0.05) is 0 Å². The second kappa shape index (κ2) is 3.81. The molecule has 1 aromatic rings. The van der Waals surface area contributed by atoms with Crippen molar-refractivity contribution >= 4 is 17.3 Å². The average Bonchev–Trinajstić information content (AvgIpc) is 2.69. The summed E-state index contributed by atoms with van der Waals surface area (Å²) in [4.78, 5) is 13.4. The smallest absolute Gasteiger partial charge is 0.250 e. The SMILES string of the molecule is NC(=O)c1ccc(N)cc1N1CCCC1.